The predicted octanol–water partition coefficient (Wildman–Crippen LogP) is 1.34. The number of rotatable bonds is 9. The zero-order valence-corrected chi connectivity index (χ0v) is 11.5. The molecule has 0 radical (unpaired) electrons. The maximum atomic E-state index is 11.3. The first kappa shape index (κ1) is 15.9. The van der Waals surface area contributed by atoms with Gasteiger partial charge in [0.2, 0.25) is 0 Å². The molecule has 5 heteroatoms. The number of benzene rings is 1. The summed E-state index contributed by atoms with van der Waals surface area (Å²) in [5, 5.41) is 0. The molecule has 0 saturated carbocycles. The lowest BCUT2D eigenvalue weighted by atomic mass is 10.2. The molecule has 0 fully saturated rings. The standard InChI is InChI=1S/C15H21N3O2/c1-3-9-18(10-4-2)11-12-20-14-7-5-13(6-8-14)15(19)17-16/h3-8H,1-2,9-12,16H2,(H,17,19). The second-order valence-corrected chi connectivity index (χ2v) is 4.18. The number of hydrazine groups is 1. The Hall–Kier alpha value is -2.11. The third-order valence-corrected chi connectivity index (χ3v) is 2.70. The van der Waals surface area contributed by atoms with E-state index < -0.39 is 0 Å². The van der Waals surface area contributed by atoms with Gasteiger partial charge < -0.3 is 4.74 Å². The van der Waals surface area contributed by atoms with Crippen molar-refractivity contribution in [1.82, 2.24) is 10.3 Å². The predicted molar refractivity (Wildman–Crippen MR) is 80.4 cm³/mol. The van der Waals surface area contributed by atoms with E-state index in [1.807, 2.05) is 12.2 Å². The van der Waals surface area contributed by atoms with E-state index in [1.54, 1.807) is 24.3 Å². The topological polar surface area (TPSA) is 67.6 Å². The molecule has 20 heavy (non-hydrogen) atoms. The number of hydrogen-bond donors (Lipinski definition) is 2. The Morgan fingerprint density at radius 1 is 1.25 bits per heavy atom. The molecule has 0 unspecified atom stereocenters. The van der Waals surface area contributed by atoms with Crippen molar-refractivity contribution < 1.29 is 9.53 Å². The van der Waals surface area contributed by atoms with Crippen molar-refractivity contribution in [2.75, 3.05) is 26.2 Å². The van der Waals surface area contributed by atoms with Crippen LogP contribution in [0.2, 0.25) is 0 Å². The quantitative estimate of drug-likeness (QED) is 0.309. The number of ether oxygens (including phenoxy) is 1. The van der Waals surface area contributed by atoms with Crippen LogP contribution >= 0.6 is 0 Å². The van der Waals surface area contributed by atoms with Gasteiger partial charge >= 0.3 is 0 Å². The molecule has 1 aromatic carbocycles. The largest absolute Gasteiger partial charge is 0.492 e. The third-order valence-electron chi connectivity index (χ3n) is 2.70. The lowest BCUT2D eigenvalue weighted by Crippen LogP contribution is -2.30. The molecular formula is C15H21N3O2. The highest BCUT2D eigenvalue weighted by atomic mass is 16.5. The highest BCUT2D eigenvalue weighted by Gasteiger charge is 2.04. The van der Waals surface area contributed by atoms with Crippen LogP contribution in [-0.4, -0.2) is 37.0 Å². The molecule has 0 heterocycles. The van der Waals surface area contributed by atoms with Crippen LogP contribution in [0.5, 0.6) is 5.75 Å². The molecule has 0 atom stereocenters. The number of nitrogens with two attached hydrogens (primary N) is 1. The van der Waals surface area contributed by atoms with Gasteiger partial charge in [-0.15, -0.1) is 13.2 Å². The van der Waals surface area contributed by atoms with Crippen molar-refractivity contribution in [2.24, 2.45) is 5.84 Å². The summed E-state index contributed by atoms with van der Waals surface area (Å²) < 4.78 is 5.62. The van der Waals surface area contributed by atoms with Gasteiger partial charge in [0.25, 0.3) is 5.91 Å². The summed E-state index contributed by atoms with van der Waals surface area (Å²) in [6.07, 6.45) is 3.70. The van der Waals surface area contributed by atoms with E-state index in [0.717, 1.165) is 25.4 Å². The van der Waals surface area contributed by atoms with Crippen LogP contribution in [0.3, 0.4) is 0 Å². The number of nitrogens with one attached hydrogen (secondary N) is 1. The summed E-state index contributed by atoms with van der Waals surface area (Å²) in [7, 11) is 0. The molecule has 0 saturated heterocycles. The molecule has 1 rings (SSSR count). The van der Waals surface area contributed by atoms with Crippen LogP contribution in [0.25, 0.3) is 0 Å². The van der Waals surface area contributed by atoms with Crippen LogP contribution in [0.1, 0.15) is 10.4 Å². The smallest absolute Gasteiger partial charge is 0.265 e. The van der Waals surface area contributed by atoms with Gasteiger partial charge in [-0.3, -0.25) is 15.1 Å². The van der Waals surface area contributed by atoms with Gasteiger partial charge in [0.15, 0.2) is 0 Å². The van der Waals surface area contributed by atoms with Crippen LogP contribution < -0.4 is 16.0 Å². The van der Waals surface area contributed by atoms with Crippen molar-refractivity contribution in [1.29, 1.82) is 0 Å². The van der Waals surface area contributed by atoms with Crippen LogP contribution in [0, 0.1) is 0 Å². The summed E-state index contributed by atoms with van der Waals surface area (Å²) in [6.45, 7) is 10.4. The van der Waals surface area contributed by atoms with Crippen molar-refractivity contribution in [3.8, 4) is 5.75 Å². The van der Waals surface area contributed by atoms with Crippen LogP contribution in [0.15, 0.2) is 49.6 Å². The third kappa shape index (κ3) is 5.26. The Morgan fingerprint density at radius 2 is 1.85 bits per heavy atom. The van der Waals surface area contributed by atoms with Gasteiger partial charge in [-0.05, 0) is 24.3 Å². The Bertz CT molecular complexity index is 433. The Morgan fingerprint density at radius 3 is 2.35 bits per heavy atom. The Labute approximate surface area is 119 Å². The molecule has 0 aromatic heterocycles. The lowest BCUT2D eigenvalue weighted by Gasteiger charge is -2.18. The summed E-state index contributed by atoms with van der Waals surface area (Å²) in [5.74, 6) is 5.46. The zero-order valence-electron chi connectivity index (χ0n) is 11.5. The average Bonchev–Trinajstić information content (AvgIpc) is 2.47. The Balaban J connectivity index is 2.43. The van der Waals surface area contributed by atoms with Gasteiger partial charge in [-0.1, -0.05) is 12.2 Å². The van der Waals surface area contributed by atoms with E-state index >= 15 is 0 Å². The van der Waals surface area contributed by atoms with E-state index in [2.05, 4.69) is 23.5 Å². The van der Waals surface area contributed by atoms with E-state index in [9.17, 15) is 4.79 Å². The minimum atomic E-state index is -0.320. The van der Waals surface area contributed by atoms with E-state index in [1.165, 1.54) is 0 Å². The van der Waals surface area contributed by atoms with Crippen molar-refractivity contribution in [3.05, 3.63) is 55.1 Å². The molecule has 5 nitrogen and oxygen atoms in total. The normalized spacial score (nSPS) is 10.1. The molecular weight excluding hydrogens is 254 g/mol. The number of hydrogen-bond acceptors (Lipinski definition) is 4. The highest BCUT2D eigenvalue weighted by Crippen LogP contribution is 2.12. The number of nitrogens with zero attached hydrogens (tertiary/aromatic N) is 1. The van der Waals surface area contributed by atoms with Crippen molar-refractivity contribution in [2.45, 2.75) is 0 Å². The molecule has 0 spiro atoms. The first-order valence-electron chi connectivity index (χ1n) is 6.39. The van der Waals surface area contributed by atoms with Gasteiger partial charge in [0.05, 0.1) is 0 Å². The van der Waals surface area contributed by atoms with E-state index in [4.69, 9.17) is 10.6 Å². The molecule has 1 amide bonds. The first-order chi connectivity index (χ1) is 9.71. The number of carbonyl (C=O) groups is 1. The molecule has 3 N–H and O–H groups in total. The van der Waals surface area contributed by atoms with E-state index in [0.29, 0.717) is 12.2 Å². The number of nitrogen functional groups attached to an aromatic ring is 1. The van der Waals surface area contributed by atoms with Gasteiger partial charge in [0.1, 0.15) is 12.4 Å². The molecule has 0 bridgehead atoms. The fourth-order valence-corrected chi connectivity index (χ4v) is 1.70. The first-order valence-corrected chi connectivity index (χ1v) is 6.39. The fraction of sp³-hybridized carbons (Fsp3) is 0.267. The molecule has 0 aliphatic carbocycles. The maximum absolute atomic E-state index is 11.3. The summed E-state index contributed by atoms with van der Waals surface area (Å²) >= 11 is 0. The second kappa shape index (κ2) is 8.90. The number of amides is 1. The van der Waals surface area contributed by atoms with E-state index in [-0.39, 0.29) is 5.91 Å². The average molecular weight is 275 g/mol. The van der Waals surface area contributed by atoms with Crippen LogP contribution in [-0.2, 0) is 0 Å². The second-order valence-electron chi connectivity index (χ2n) is 4.18. The highest BCUT2D eigenvalue weighted by molar-refractivity contribution is 5.93. The SMILES string of the molecule is C=CCN(CC=C)CCOc1ccc(C(=O)NN)cc1. The van der Waals surface area contributed by atoms with Gasteiger partial charge in [-0.25, -0.2) is 5.84 Å². The Kier molecular flexibility index (Phi) is 7.10. The lowest BCUT2D eigenvalue weighted by molar-refractivity contribution is 0.0953. The summed E-state index contributed by atoms with van der Waals surface area (Å²) in [4.78, 5) is 13.4. The fourth-order valence-electron chi connectivity index (χ4n) is 1.70. The maximum Gasteiger partial charge on any atom is 0.265 e. The van der Waals surface area contributed by atoms with Crippen LogP contribution in [0.4, 0.5) is 0 Å². The minimum absolute atomic E-state index is 0.320. The minimum Gasteiger partial charge on any atom is -0.492 e. The molecule has 108 valence electrons. The summed E-state index contributed by atoms with van der Waals surface area (Å²) in [6, 6.07) is 6.83. The molecule has 1 aromatic rings. The molecule has 0 aliphatic rings. The van der Waals surface area contributed by atoms with Gasteiger partial charge in [-0.2, -0.15) is 0 Å². The van der Waals surface area contributed by atoms with Crippen molar-refractivity contribution in [3.63, 3.8) is 0 Å². The molecule has 0 aliphatic heterocycles. The zero-order chi connectivity index (χ0) is 14.8. The van der Waals surface area contributed by atoms with Gasteiger partial charge in [0, 0.05) is 25.2 Å². The monoisotopic (exact) mass is 275 g/mol. The number of carbonyl (C=O) groups excluding carboxylic acids is 1. The van der Waals surface area contributed by atoms with Crippen molar-refractivity contribution >= 4 is 5.91 Å². The summed E-state index contributed by atoms with van der Waals surface area (Å²) in [5.41, 5.74) is 2.58.